The number of carbonyl (C=O) groups excluding carboxylic acids is 1. The molecule has 1 amide bonds. The number of nitrogens with one attached hydrogen (secondary N) is 2. The first kappa shape index (κ1) is 19.9. The van der Waals surface area contributed by atoms with Gasteiger partial charge in [0.1, 0.15) is 0 Å². The number of hydrogen-bond donors (Lipinski definition) is 2. The molecule has 2 N–H and O–H groups in total. The lowest BCUT2D eigenvalue weighted by Crippen LogP contribution is -2.15. The van der Waals surface area contributed by atoms with Crippen molar-refractivity contribution in [3.05, 3.63) is 108 Å². The quantitative estimate of drug-likeness (QED) is 0.402. The molecule has 4 heteroatoms. The molecular weight excluding hydrogens is 394 g/mol. The van der Waals surface area contributed by atoms with Crippen LogP contribution in [0.2, 0.25) is 0 Å². The summed E-state index contributed by atoms with van der Waals surface area (Å²) in [5.41, 5.74) is 6.25. The first-order valence-corrected chi connectivity index (χ1v) is 10.8. The van der Waals surface area contributed by atoms with Gasteiger partial charge >= 0.3 is 0 Å². The van der Waals surface area contributed by atoms with Gasteiger partial charge in [-0.2, -0.15) is 0 Å². The van der Waals surface area contributed by atoms with Gasteiger partial charge in [-0.15, -0.1) is 0 Å². The van der Waals surface area contributed by atoms with Crippen molar-refractivity contribution in [1.29, 1.82) is 0 Å². The molecule has 0 radical (unpaired) electrons. The van der Waals surface area contributed by atoms with E-state index >= 15 is 0 Å². The summed E-state index contributed by atoms with van der Waals surface area (Å²) in [5.74, 6) is -0.0114. The first-order valence-electron chi connectivity index (χ1n) is 10.8. The molecule has 0 saturated heterocycles. The molecule has 0 aromatic heterocycles. The maximum atomic E-state index is 12.5. The van der Waals surface area contributed by atoms with Gasteiger partial charge in [0.15, 0.2) is 0 Å². The third-order valence-electron chi connectivity index (χ3n) is 5.86. The molecule has 158 valence electrons. The first-order chi connectivity index (χ1) is 15.7. The normalized spacial score (nSPS) is 12.7. The van der Waals surface area contributed by atoms with Gasteiger partial charge in [0.25, 0.3) is 0 Å². The van der Waals surface area contributed by atoms with E-state index in [9.17, 15) is 4.79 Å². The van der Waals surface area contributed by atoms with E-state index < -0.39 is 0 Å². The second kappa shape index (κ2) is 8.60. The molecule has 0 unspecified atom stereocenters. The number of anilines is 4. The highest BCUT2D eigenvalue weighted by Crippen LogP contribution is 2.39. The Balaban J connectivity index is 1.38. The average Bonchev–Trinajstić information content (AvgIpc) is 3.04. The molecule has 0 aliphatic carbocycles. The lowest BCUT2D eigenvalue weighted by molar-refractivity contribution is -0.115. The van der Waals surface area contributed by atoms with E-state index in [-0.39, 0.29) is 5.91 Å². The van der Waals surface area contributed by atoms with Gasteiger partial charge in [-0.25, -0.2) is 0 Å². The standard InChI is InChI=1S/C28H25N3O/c1-20-7-2-3-9-22(20)19-27(32)30-23-12-14-24(15-13-23)31-18-6-17-29-28-25-10-5-4-8-21(25)11-16-26(28)31/h2-16,18,29H,17,19H2,1H3,(H,30,32). The lowest BCUT2D eigenvalue weighted by Gasteiger charge is -2.23. The minimum absolute atomic E-state index is 0.0114. The Morgan fingerprint density at radius 2 is 1.72 bits per heavy atom. The van der Waals surface area contributed by atoms with E-state index in [0.717, 1.165) is 40.4 Å². The van der Waals surface area contributed by atoms with E-state index in [1.54, 1.807) is 0 Å². The van der Waals surface area contributed by atoms with Crippen LogP contribution >= 0.6 is 0 Å². The van der Waals surface area contributed by atoms with Gasteiger partial charge in [-0.05, 0) is 59.8 Å². The summed E-state index contributed by atoms with van der Waals surface area (Å²) in [6.07, 6.45) is 4.58. The fourth-order valence-corrected chi connectivity index (χ4v) is 4.16. The monoisotopic (exact) mass is 419 g/mol. The second-order valence-electron chi connectivity index (χ2n) is 8.01. The van der Waals surface area contributed by atoms with E-state index in [1.165, 1.54) is 10.8 Å². The van der Waals surface area contributed by atoms with Crippen molar-refractivity contribution in [2.24, 2.45) is 0 Å². The molecule has 0 atom stereocenters. The van der Waals surface area contributed by atoms with Crippen LogP contribution in [0.5, 0.6) is 0 Å². The van der Waals surface area contributed by atoms with Gasteiger partial charge in [-0.1, -0.05) is 54.6 Å². The summed E-state index contributed by atoms with van der Waals surface area (Å²) < 4.78 is 0. The van der Waals surface area contributed by atoms with Crippen LogP contribution in [0.4, 0.5) is 22.7 Å². The van der Waals surface area contributed by atoms with Gasteiger partial charge in [0, 0.05) is 29.5 Å². The van der Waals surface area contributed by atoms with Crippen LogP contribution in [0.3, 0.4) is 0 Å². The molecule has 4 nitrogen and oxygen atoms in total. The maximum Gasteiger partial charge on any atom is 0.228 e. The zero-order valence-corrected chi connectivity index (χ0v) is 18.0. The third kappa shape index (κ3) is 3.95. The Bertz CT molecular complexity index is 1310. The molecule has 0 spiro atoms. The van der Waals surface area contributed by atoms with Crippen molar-refractivity contribution in [2.75, 3.05) is 22.1 Å². The Kier molecular flexibility index (Phi) is 5.34. The predicted octanol–water partition coefficient (Wildman–Crippen LogP) is 6.41. The molecule has 1 heterocycles. The zero-order valence-electron chi connectivity index (χ0n) is 18.0. The predicted molar refractivity (Wildman–Crippen MR) is 134 cm³/mol. The second-order valence-corrected chi connectivity index (χ2v) is 8.01. The molecule has 0 fully saturated rings. The molecule has 4 aromatic carbocycles. The van der Waals surface area contributed by atoms with Crippen LogP contribution in [0, 0.1) is 6.92 Å². The number of fused-ring (bicyclic) bond motifs is 3. The van der Waals surface area contributed by atoms with Crippen molar-refractivity contribution in [3.63, 3.8) is 0 Å². The van der Waals surface area contributed by atoms with E-state index in [4.69, 9.17) is 0 Å². The van der Waals surface area contributed by atoms with Crippen molar-refractivity contribution in [1.82, 2.24) is 0 Å². The highest BCUT2D eigenvalue weighted by atomic mass is 16.1. The Morgan fingerprint density at radius 1 is 0.938 bits per heavy atom. The summed E-state index contributed by atoms with van der Waals surface area (Å²) in [7, 11) is 0. The molecule has 1 aliphatic heterocycles. The maximum absolute atomic E-state index is 12.5. The van der Waals surface area contributed by atoms with Gasteiger partial charge in [0.05, 0.1) is 17.8 Å². The van der Waals surface area contributed by atoms with Crippen LogP contribution in [-0.4, -0.2) is 12.5 Å². The highest BCUT2D eigenvalue weighted by Gasteiger charge is 2.16. The van der Waals surface area contributed by atoms with Crippen LogP contribution in [0.1, 0.15) is 11.1 Å². The summed E-state index contributed by atoms with van der Waals surface area (Å²) >= 11 is 0. The number of aryl methyl sites for hydroxylation is 1. The molecule has 32 heavy (non-hydrogen) atoms. The molecular formula is C28H25N3O. The fourth-order valence-electron chi connectivity index (χ4n) is 4.16. The smallest absolute Gasteiger partial charge is 0.228 e. The molecule has 5 rings (SSSR count). The molecule has 1 aliphatic rings. The summed E-state index contributed by atoms with van der Waals surface area (Å²) in [6, 6.07) is 28.7. The van der Waals surface area contributed by atoms with Crippen LogP contribution in [-0.2, 0) is 11.2 Å². The minimum atomic E-state index is -0.0114. The number of rotatable bonds is 4. The average molecular weight is 420 g/mol. The van der Waals surface area contributed by atoms with Gasteiger partial charge in [-0.3, -0.25) is 4.79 Å². The number of carbonyl (C=O) groups is 1. The van der Waals surface area contributed by atoms with Crippen LogP contribution < -0.4 is 15.5 Å². The van der Waals surface area contributed by atoms with Crippen molar-refractivity contribution in [2.45, 2.75) is 13.3 Å². The van der Waals surface area contributed by atoms with Crippen LogP contribution in [0.15, 0.2) is 97.2 Å². The largest absolute Gasteiger partial charge is 0.379 e. The topological polar surface area (TPSA) is 44.4 Å². The van der Waals surface area contributed by atoms with Gasteiger partial charge in [0.2, 0.25) is 5.91 Å². The number of amides is 1. The van der Waals surface area contributed by atoms with Crippen molar-refractivity contribution in [3.8, 4) is 0 Å². The molecule has 4 aromatic rings. The van der Waals surface area contributed by atoms with E-state index in [0.29, 0.717) is 6.42 Å². The Hall–Kier alpha value is -4.05. The highest BCUT2D eigenvalue weighted by molar-refractivity contribution is 6.02. The minimum Gasteiger partial charge on any atom is -0.379 e. The molecule has 0 saturated carbocycles. The SMILES string of the molecule is Cc1ccccc1CC(=O)Nc1ccc(N2C=CCNc3c2ccc2ccccc32)cc1. The van der Waals surface area contributed by atoms with Gasteiger partial charge < -0.3 is 15.5 Å². The third-order valence-corrected chi connectivity index (χ3v) is 5.86. The van der Waals surface area contributed by atoms with E-state index in [1.807, 2.05) is 55.5 Å². The Labute approximate surface area is 188 Å². The number of nitrogens with zero attached hydrogens (tertiary/aromatic N) is 1. The summed E-state index contributed by atoms with van der Waals surface area (Å²) in [5, 5.41) is 8.99. The molecule has 0 bridgehead atoms. The zero-order chi connectivity index (χ0) is 21.9. The van der Waals surface area contributed by atoms with Crippen molar-refractivity contribution < 1.29 is 4.79 Å². The lowest BCUT2D eigenvalue weighted by atomic mass is 10.1. The summed E-state index contributed by atoms with van der Waals surface area (Å²) in [4.78, 5) is 14.7. The Morgan fingerprint density at radius 3 is 2.56 bits per heavy atom. The van der Waals surface area contributed by atoms with E-state index in [2.05, 4.69) is 64.2 Å². The fraction of sp³-hybridized carbons (Fsp3) is 0.107. The number of hydrogen-bond acceptors (Lipinski definition) is 3. The summed E-state index contributed by atoms with van der Waals surface area (Å²) in [6.45, 7) is 2.80. The van der Waals surface area contributed by atoms with Crippen molar-refractivity contribution >= 4 is 39.4 Å². The van der Waals surface area contributed by atoms with Crippen LogP contribution in [0.25, 0.3) is 10.8 Å². The number of benzene rings is 4.